The zero-order chi connectivity index (χ0) is 8.04. The Bertz CT molecular complexity index is 106. The van der Waals surface area contributed by atoms with Crippen LogP contribution in [0.5, 0.6) is 0 Å². The second-order valence-electron chi connectivity index (χ2n) is 2.51. The Balaban J connectivity index is 3.51. The third-order valence-corrected chi connectivity index (χ3v) is 1.29. The van der Waals surface area contributed by atoms with E-state index in [-0.39, 0.29) is 5.60 Å². The van der Waals surface area contributed by atoms with Gasteiger partial charge >= 0.3 is 0 Å². The molecule has 0 bridgehead atoms. The molecule has 0 aliphatic rings. The number of carbonyl (C=O) groups excluding carboxylic acids is 1. The summed E-state index contributed by atoms with van der Waals surface area (Å²) < 4.78 is 5.23. The lowest BCUT2D eigenvalue weighted by Gasteiger charge is -2.22. The van der Waals surface area contributed by atoms with Crippen LogP contribution >= 0.6 is 15.9 Å². The SMILES string of the molecule is CC(C)(CNC=O)OCBr. The zero-order valence-electron chi connectivity index (χ0n) is 6.19. The van der Waals surface area contributed by atoms with Crippen LogP contribution in [-0.2, 0) is 9.53 Å². The van der Waals surface area contributed by atoms with Gasteiger partial charge in [-0.1, -0.05) is 15.9 Å². The minimum Gasteiger partial charge on any atom is -0.363 e. The molecule has 0 atom stereocenters. The number of halogens is 1. The fourth-order valence-corrected chi connectivity index (χ4v) is 1.11. The number of amides is 1. The summed E-state index contributed by atoms with van der Waals surface area (Å²) in [5.41, 5.74) is 0.199. The van der Waals surface area contributed by atoms with Gasteiger partial charge < -0.3 is 10.1 Å². The minimum absolute atomic E-state index is 0.287. The summed E-state index contributed by atoms with van der Waals surface area (Å²) >= 11 is 3.14. The topological polar surface area (TPSA) is 38.3 Å². The second kappa shape index (κ2) is 4.68. The Morgan fingerprint density at radius 3 is 2.70 bits per heavy atom. The van der Waals surface area contributed by atoms with Gasteiger partial charge in [0.1, 0.15) is 5.52 Å². The van der Waals surface area contributed by atoms with E-state index in [1.165, 1.54) is 0 Å². The monoisotopic (exact) mass is 209 g/mol. The Morgan fingerprint density at radius 1 is 1.70 bits per heavy atom. The molecule has 0 aromatic rings. The summed E-state index contributed by atoms with van der Waals surface area (Å²) in [5, 5.41) is 2.55. The largest absolute Gasteiger partial charge is 0.363 e. The van der Waals surface area contributed by atoms with Crippen LogP contribution in [0.3, 0.4) is 0 Å². The van der Waals surface area contributed by atoms with Crippen LogP contribution in [0.25, 0.3) is 0 Å². The van der Waals surface area contributed by atoms with Crippen molar-refractivity contribution in [3.05, 3.63) is 0 Å². The van der Waals surface area contributed by atoms with Crippen molar-refractivity contribution >= 4 is 22.3 Å². The van der Waals surface area contributed by atoms with E-state index in [0.29, 0.717) is 18.5 Å². The van der Waals surface area contributed by atoms with Gasteiger partial charge in [-0.05, 0) is 13.8 Å². The van der Waals surface area contributed by atoms with Crippen molar-refractivity contribution in [1.29, 1.82) is 0 Å². The molecule has 0 heterocycles. The minimum atomic E-state index is -0.287. The lowest BCUT2D eigenvalue weighted by atomic mass is 10.1. The maximum Gasteiger partial charge on any atom is 0.207 e. The first-order valence-corrected chi connectivity index (χ1v) is 4.11. The van der Waals surface area contributed by atoms with Crippen LogP contribution in [0, 0.1) is 0 Å². The Morgan fingerprint density at radius 2 is 2.30 bits per heavy atom. The lowest BCUT2D eigenvalue weighted by molar-refractivity contribution is -0.110. The molecular formula is C6H12BrNO2. The Hall–Kier alpha value is -0.0900. The number of alkyl halides is 1. The fourth-order valence-electron chi connectivity index (χ4n) is 0.486. The van der Waals surface area contributed by atoms with Crippen molar-refractivity contribution in [3.63, 3.8) is 0 Å². The molecule has 4 heteroatoms. The molecule has 60 valence electrons. The van der Waals surface area contributed by atoms with Crippen molar-refractivity contribution in [3.8, 4) is 0 Å². The molecule has 0 fully saturated rings. The van der Waals surface area contributed by atoms with E-state index < -0.39 is 0 Å². The van der Waals surface area contributed by atoms with E-state index >= 15 is 0 Å². The van der Waals surface area contributed by atoms with Crippen LogP contribution < -0.4 is 5.32 Å². The maximum atomic E-state index is 9.88. The highest BCUT2D eigenvalue weighted by molar-refractivity contribution is 9.09. The molecule has 1 amide bonds. The molecule has 0 aliphatic heterocycles. The third kappa shape index (κ3) is 4.76. The first-order valence-electron chi connectivity index (χ1n) is 2.99. The molecule has 3 nitrogen and oxygen atoms in total. The highest BCUT2D eigenvalue weighted by atomic mass is 79.9. The summed E-state index contributed by atoms with van der Waals surface area (Å²) in [5.74, 6) is 0. The molecule has 0 radical (unpaired) electrons. The maximum absolute atomic E-state index is 9.88. The van der Waals surface area contributed by atoms with Gasteiger partial charge in [-0.3, -0.25) is 4.79 Å². The molecular weight excluding hydrogens is 198 g/mol. The molecule has 0 aromatic carbocycles. The predicted molar refractivity (Wildman–Crippen MR) is 43.0 cm³/mol. The standard InChI is InChI=1S/C6H12BrNO2/c1-6(2,10-4-7)3-8-5-9/h5H,3-4H2,1-2H3,(H,8,9). The van der Waals surface area contributed by atoms with E-state index in [2.05, 4.69) is 21.2 Å². The number of carbonyl (C=O) groups is 1. The van der Waals surface area contributed by atoms with Gasteiger partial charge in [0.2, 0.25) is 6.41 Å². The molecule has 0 spiro atoms. The van der Waals surface area contributed by atoms with Crippen molar-refractivity contribution in [2.45, 2.75) is 19.4 Å². The van der Waals surface area contributed by atoms with Gasteiger partial charge in [0.05, 0.1) is 5.60 Å². The van der Waals surface area contributed by atoms with Crippen molar-refractivity contribution in [1.82, 2.24) is 5.32 Å². The van der Waals surface area contributed by atoms with Crippen LogP contribution in [0.15, 0.2) is 0 Å². The molecule has 1 N–H and O–H groups in total. The van der Waals surface area contributed by atoms with Gasteiger partial charge in [-0.25, -0.2) is 0 Å². The smallest absolute Gasteiger partial charge is 0.207 e. The summed E-state index contributed by atoms with van der Waals surface area (Å²) in [6.45, 7) is 4.34. The molecule has 0 saturated heterocycles. The van der Waals surface area contributed by atoms with Gasteiger partial charge in [0, 0.05) is 6.54 Å². The number of nitrogens with one attached hydrogen (secondary N) is 1. The summed E-state index contributed by atoms with van der Waals surface area (Å²) in [7, 11) is 0. The predicted octanol–water partition coefficient (Wildman–Crippen LogP) is 0.880. The van der Waals surface area contributed by atoms with E-state index in [1.807, 2.05) is 13.8 Å². The molecule has 0 aromatic heterocycles. The van der Waals surface area contributed by atoms with Gasteiger partial charge in [0.25, 0.3) is 0 Å². The zero-order valence-corrected chi connectivity index (χ0v) is 7.77. The first kappa shape index (κ1) is 9.91. The van der Waals surface area contributed by atoms with Crippen LogP contribution in [-0.4, -0.2) is 24.1 Å². The summed E-state index contributed by atoms with van der Waals surface area (Å²) in [6.07, 6.45) is 0.666. The average molecular weight is 210 g/mol. The van der Waals surface area contributed by atoms with Crippen molar-refractivity contribution in [2.24, 2.45) is 0 Å². The highest BCUT2D eigenvalue weighted by Crippen LogP contribution is 2.07. The van der Waals surface area contributed by atoms with Gasteiger partial charge in [0.15, 0.2) is 0 Å². The number of hydrogen-bond donors (Lipinski definition) is 1. The normalized spacial score (nSPS) is 11.1. The average Bonchev–Trinajstić information content (AvgIpc) is 1.84. The first-order chi connectivity index (χ1) is 4.62. The number of rotatable bonds is 5. The van der Waals surface area contributed by atoms with Crippen molar-refractivity contribution in [2.75, 3.05) is 12.1 Å². The summed E-state index contributed by atoms with van der Waals surface area (Å²) in [6, 6.07) is 0. The lowest BCUT2D eigenvalue weighted by Crippen LogP contribution is -2.36. The van der Waals surface area contributed by atoms with E-state index in [4.69, 9.17) is 4.74 Å². The Kier molecular flexibility index (Phi) is 4.64. The summed E-state index contributed by atoms with van der Waals surface area (Å²) in [4.78, 5) is 9.88. The van der Waals surface area contributed by atoms with Crippen LogP contribution in [0.2, 0.25) is 0 Å². The number of ether oxygens (including phenoxy) is 1. The van der Waals surface area contributed by atoms with E-state index in [1.54, 1.807) is 0 Å². The van der Waals surface area contributed by atoms with Gasteiger partial charge in [-0.2, -0.15) is 0 Å². The molecule has 0 rings (SSSR count). The highest BCUT2D eigenvalue weighted by Gasteiger charge is 2.16. The molecule has 0 unspecified atom stereocenters. The molecule has 10 heavy (non-hydrogen) atoms. The van der Waals surface area contributed by atoms with Crippen LogP contribution in [0.1, 0.15) is 13.8 Å². The third-order valence-electron chi connectivity index (χ3n) is 1.06. The van der Waals surface area contributed by atoms with Gasteiger partial charge in [-0.15, -0.1) is 0 Å². The van der Waals surface area contributed by atoms with E-state index in [0.717, 1.165) is 0 Å². The number of hydrogen-bond acceptors (Lipinski definition) is 2. The quantitative estimate of drug-likeness (QED) is 0.540. The molecule has 0 saturated carbocycles. The second-order valence-corrected chi connectivity index (χ2v) is 2.97. The molecule has 0 aliphatic carbocycles. The fraction of sp³-hybridized carbons (Fsp3) is 0.833. The Labute approximate surface area is 69.3 Å². The van der Waals surface area contributed by atoms with E-state index in [9.17, 15) is 4.79 Å². The van der Waals surface area contributed by atoms with Crippen LogP contribution in [0.4, 0.5) is 0 Å². The van der Waals surface area contributed by atoms with Crippen molar-refractivity contribution < 1.29 is 9.53 Å².